The molecule has 0 heterocycles. The smallest absolute Gasteiger partial charge is 0.124 e. The Balaban J connectivity index is 1.63. The van der Waals surface area contributed by atoms with Crippen molar-refractivity contribution in [3.8, 4) is 5.75 Å². The lowest BCUT2D eigenvalue weighted by atomic mass is 10.0. The van der Waals surface area contributed by atoms with Crippen LogP contribution in [-0.4, -0.2) is 17.9 Å². The number of hydrogen-bond acceptors (Lipinski definition) is 2. The minimum Gasteiger partial charge on any atom is -0.507 e. The number of aromatic hydroxyl groups is 1. The molecule has 0 spiro atoms. The van der Waals surface area contributed by atoms with E-state index in [2.05, 4.69) is 18.0 Å². The lowest BCUT2D eigenvalue weighted by Gasteiger charge is -2.04. The second kappa shape index (κ2) is 11.7. The molecule has 1 N–H and O–H groups in total. The Morgan fingerprint density at radius 2 is 1.44 bits per heavy atom. The van der Waals surface area contributed by atoms with Gasteiger partial charge in [-0.05, 0) is 23.3 Å². The number of hydrogen-bond donors (Lipinski definition) is 1. The van der Waals surface area contributed by atoms with E-state index in [0.717, 1.165) is 29.3 Å². The predicted molar refractivity (Wildman–Crippen MR) is 110 cm³/mol. The summed E-state index contributed by atoms with van der Waals surface area (Å²) in [4.78, 5) is 4.54. The summed E-state index contributed by atoms with van der Waals surface area (Å²) in [5.74, 6) is 0.311. The molecule has 2 nitrogen and oxygen atoms in total. The number of rotatable bonds is 12. The molecule has 2 aromatic rings. The molecule has 136 valence electrons. The normalized spacial score (nSPS) is 11.6. The summed E-state index contributed by atoms with van der Waals surface area (Å²) in [5.41, 5.74) is 0.838. The fraction of sp³-hybridized carbons (Fsp3) is 0.522. The van der Waals surface area contributed by atoms with E-state index in [1.165, 1.54) is 57.8 Å². The van der Waals surface area contributed by atoms with Gasteiger partial charge in [-0.1, -0.05) is 95.0 Å². The van der Waals surface area contributed by atoms with Crippen LogP contribution in [0.25, 0.3) is 10.8 Å². The van der Waals surface area contributed by atoms with Crippen molar-refractivity contribution in [2.75, 3.05) is 6.54 Å². The Bertz CT molecular complexity index is 648. The summed E-state index contributed by atoms with van der Waals surface area (Å²) in [6, 6.07) is 11.8. The SMILES string of the molecule is CCCCCCCCCCCCN=Cc1c(O)ccc2ccccc12. The lowest BCUT2D eigenvalue weighted by molar-refractivity contribution is 0.475. The van der Waals surface area contributed by atoms with Crippen LogP contribution in [0.3, 0.4) is 0 Å². The quantitative estimate of drug-likeness (QED) is 0.331. The van der Waals surface area contributed by atoms with Crippen LogP contribution in [0.1, 0.15) is 76.7 Å². The predicted octanol–water partition coefficient (Wildman–Crippen LogP) is 6.89. The average Bonchev–Trinajstić information content (AvgIpc) is 2.64. The molecule has 0 bridgehead atoms. The molecule has 0 fully saturated rings. The summed E-state index contributed by atoms with van der Waals surface area (Å²) >= 11 is 0. The lowest BCUT2D eigenvalue weighted by Crippen LogP contribution is -1.89. The Morgan fingerprint density at radius 3 is 2.16 bits per heavy atom. The van der Waals surface area contributed by atoms with Crippen LogP contribution in [0, 0.1) is 0 Å². The molecule has 2 heteroatoms. The number of aliphatic imine (C=N–C) groups is 1. The highest BCUT2D eigenvalue weighted by Gasteiger charge is 2.03. The molecule has 0 aliphatic heterocycles. The van der Waals surface area contributed by atoms with Crippen LogP contribution in [-0.2, 0) is 0 Å². The number of fused-ring (bicyclic) bond motifs is 1. The topological polar surface area (TPSA) is 32.6 Å². The van der Waals surface area contributed by atoms with Gasteiger partial charge in [-0.3, -0.25) is 4.99 Å². The van der Waals surface area contributed by atoms with Crippen molar-refractivity contribution < 1.29 is 5.11 Å². The van der Waals surface area contributed by atoms with Crippen LogP contribution in [0.5, 0.6) is 5.75 Å². The van der Waals surface area contributed by atoms with Crippen molar-refractivity contribution >= 4 is 17.0 Å². The van der Waals surface area contributed by atoms with Crippen molar-refractivity contribution in [3.63, 3.8) is 0 Å². The maximum Gasteiger partial charge on any atom is 0.124 e. The van der Waals surface area contributed by atoms with Crippen molar-refractivity contribution in [1.29, 1.82) is 0 Å². The Kier molecular flexibility index (Phi) is 9.11. The zero-order valence-electron chi connectivity index (χ0n) is 15.7. The van der Waals surface area contributed by atoms with Crippen LogP contribution < -0.4 is 0 Å². The molecule has 0 amide bonds. The molecule has 2 aromatic carbocycles. The van der Waals surface area contributed by atoms with Gasteiger partial charge in [-0.2, -0.15) is 0 Å². The van der Waals surface area contributed by atoms with Gasteiger partial charge in [0.15, 0.2) is 0 Å². The first-order valence-corrected chi connectivity index (χ1v) is 10.0. The zero-order valence-corrected chi connectivity index (χ0v) is 15.7. The molecule has 25 heavy (non-hydrogen) atoms. The van der Waals surface area contributed by atoms with E-state index in [-0.39, 0.29) is 0 Å². The van der Waals surface area contributed by atoms with Crippen molar-refractivity contribution in [3.05, 3.63) is 42.0 Å². The Labute approximate surface area is 153 Å². The van der Waals surface area contributed by atoms with E-state index in [1.54, 1.807) is 6.07 Å². The van der Waals surface area contributed by atoms with Gasteiger partial charge >= 0.3 is 0 Å². The molecule has 0 aromatic heterocycles. The standard InChI is InChI=1S/C23H33NO/c1-2-3-4-5-6-7-8-9-10-13-18-24-19-22-21-15-12-11-14-20(21)16-17-23(22)25/h11-12,14-17,19,25H,2-10,13,18H2,1H3. The number of unbranched alkanes of at least 4 members (excludes halogenated alkanes) is 9. The van der Waals surface area contributed by atoms with E-state index >= 15 is 0 Å². The van der Waals surface area contributed by atoms with Crippen LogP contribution in [0.2, 0.25) is 0 Å². The molecule has 0 atom stereocenters. The van der Waals surface area contributed by atoms with Gasteiger partial charge in [0.05, 0.1) is 0 Å². The highest BCUT2D eigenvalue weighted by Crippen LogP contribution is 2.25. The molecule has 2 rings (SSSR count). The van der Waals surface area contributed by atoms with E-state index in [1.807, 2.05) is 30.5 Å². The first-order valence-electron chi connectivity index (χ1n) is 10.0. The summed E-state index contributed by atoms with van der Waals surface area (Å²) in [5, 5.41) is 12.3. The second-order valence-electron chi connectivity index (χ2n) is 6.94. The van der Waals surface area contributed by atoms with Crippen molar-refractivity contribution in [1.82, 2.24) is 0 Å². The Morgan fingerprint density at radius 1 is 0.800 bits per heavy atom. The number of benzene rings is 2. The molecule has 0 saturated carbocycles. The van der Waals surface area contributed by atoms with Gasteiger partial charge in [-0.25, -0.2) is 0 Å². The zero-order chi connectivity index (χ0) is 17.7. The summed E-state index contributed by atoms with van der Waals surface area (Å²) < 4.78 is 0. The third-order valence-electron chi connectivity index (χ3n) is 4.81. The highest BCUT2D eigenvalue weighted by molar-refractivity contribution is 6.02. The first-order chi connectivity index (χ1) is 12.3. The van der Waals surface area contributed by atoms with Gasteiger partial charge in [0.1, 0.15) is 5.75 Å². The van der Waals surface area contributed by atoms with Gasteiger partial charge < -0.3 is 5.11 Å². The van der Waals surface area contributed by atoms with E-state index < -0.39 is 0 Å². The third-order valence-corrected chi connectivity index (χ3v) is 4.81. The largest absolute Gasteiger partial charge is 0.507 e. The van der Waals surface area contributed by atoms with Gasteiger partial charge in [0.2, 0.25) is 0 Å². The molecule has 0 aliphatic rings. The van der Waals surface area contributed by atoms with E-state index in [0.29, 0.717) is 5.75 Å². The maximum absolute atomic E-state index is 10.1. The minimum atomic E-state index is 0.311. The molecule has 0 saturated heterocycles. The van der Waals surface area contributed by atoms with E-state index in [9.17, 15) is 5.11 Å². The van der Waals surface area contributed by atoms with E-state index in [4.69, 9.17) is 0 Å². The van der Waals surface area contributed by atoms with Gasteiger partial charge in [0.25, 0.3) is 0 Å². The summed E-state index contributed by atoms with van der Waals surface area (Å²) in [6.45, 7) is 3.11. The summed E-state index contributed by atoms with van der Waals surface area (Å²) in [7, 11) is 0. The van der Waals surface area contributed by atoms with Gasteiger partial charge in [-0.15, -0.1) is 0 Å². The molecule has 0 radical (unpaired) electrons. The van der Waals surface area contributed by atoms with Crippen LogP contribution in [0.15, 0.2) is 41.4 Å². The molecule has 0 unspecified atom stereocenters. The monoisotopic (exact) mass is 339 g/mol. The third kappa shape index (κ3) is 6.89. The minimum absolute atomic E-state index is 0.311. The fourth-order valence-corrected chi connectivity index (χ4v) is 3.27. The highest BCUT2D eigenvalue weighted by atomic mass is 16.3. The first kappa shape index (κ1) is 19.5. The molecule has 0 aliphatic carbocycles. The van der Waals surface area contributed by atoms with Gasteiger partial charge in [0, 0.05) is 18.3 Å². The maximum atomic E-state index is 10.1. The number of phenols is 1. The number of nitrogens with zero attached hydrogens (tertiary/aromatic N) is 1. The van der Waals surface area contributed by atoms with Crippen LogP contribution in [0.4, 0.5) is 0 Å². The molecular weight excluding hydrogens is 306 g/mol. The Hall–Kier alpha value is -1.83. The number of phenolic OH excluding ortho intramolecular Hbond substituents is 1. The summed E-state index contributed by atoms with van der Waals surface area (Å²) in [6.07, 6.45) is 15.2. The van der Waals surface area contributed by atoms with Crippen molar-refractivity contribution in [2.45, 2.75) is 71.1 Å². The van der Waals surface area contributed by atoms with Crippen molar-refractivity contribution in [2.24, 2.45) is 4.99 Å². The second-order valence-corrected chi connectivity index (χ2v) is 6.94. The average molecular weight is 340 g/mol. The van der Waals surface area contributed by atoms with Crippen LogP contribution >= 0.6 is 0 Å². The molecular formula is C23H33NO. The fourth-order valence-electron chi connectivity index (χ4n) is 3.27.